The number of Topliss-reactive ketones (excluding diaryl/α,β-unsaturated/α-hetero) is 2. The molecule has 0 aromatic carbocycles. The van der Waals surface area contributed by atoms with Gasteiger partial charge in [0.15, 0.2) is 11.6 Å². The molecule has 3 N–H and O–H groups in total. The molecule has 0 bridgehead atoms. The molecule has 10 rings (SSSR count). The largest absolute Gasteiger partial charge is 0.478 e. The fraction of sp³-hybridized carbons (Fsp3) is 0.846. The molecule has 2 aromatic heterocycles. The van der Waals surface area contributed by atoms with Crippen LogP contribution in [-0.2, 0) is 22.7 Å². The molecule has 8 saturated carbocycles. The number of nitrogens with zero attached hydrogens (tertiary/aromatic N) is 6. The zero-order valence-corrected chi connectivity index (χ0v) is 49.7. The summed E-state index contributed by atoms with van der Waals surface area (Å²) in [4.78, 5) is 54.1. The van der Waals surface area contributed by atoms with Crippen LogP contribution < -0.4 is 0 Å². The lowest BCUT2D eigenvalue weighted by Crippen LogP contribution is -2.55. The molecule has 8 fully saturated rings. The van der Waals surface area contributed by atoms with Gasteiger partial charge in [-0.15, -0.1) is 0 Å². The van der Waals surface area contributed by atoms with Crippen LogP contribution in [0.15, 0.2) is 24.8 Å². The Balaban J connectivity index is 0.000000240. The number of ketones is 2. The monoisotopic (exact) mass is 1090 g/mol. The fourth-order valence-electron chi connectivity index (χ4n) is 18.5. The number of carboxylic acid groups (broad SMARTS) is 1. The van der Waals surface area contributed by atoms with Crippen molar-refractivity contribution in [2.24, 2.45) is 80.8 Å². The van der Waals surface area contributed by atoms with E-state index in [1.807, 2.05) is 13.8 Å². The average molecular weight is 1090 g/mol. The third-order valence-corrected chi connectivity index (χ3v) is 22.8. The van der Waals surface area contributed by atoms with Crippen molar-refractivity contribution in [1.82, 2.24) is 29.4 Å². The van der Waals surface area contributed by atoms with Gasteiger partial charge in [0.1, 0.15) is 0 Å². The Morgan fingerprint density at radius 3 is 1.26 bits per heavy atom. The molecule has 16 atom stereocenters. The summed E-state index contributed by atoms with van der Waals surface area (Å²) >= 11 is 0. The number of hydrogen-bond acceptors (Lipinski definition) is 9. The topological polar surface area (TPSA) is 171 Å². The lowest BCUT2D eigenvalue weighted by Gasteiger charge is -2.61. The number of fused-ring (bicyclic) bond motifs is 10. The molecule has 0 saturated heterocycles. The van der Waals surface area contributed by atoms with Gasteiger partial charge < -0.3 is 25.1 Å². The van der Waals surface area contributed by atoms with Gasteiger partial charge in [0.2, 0.25) is 0 Å². The van der Waals surface area contributed by atoms with Crippen LogP contribution in [-0.4, -0.2) is 113 Å². The molecule has 0 aliphatic heterocycles. The number of hydrogen-bond donors (Lipinski definition) is 3. The minimum atomic E-state index is -1.01. The number of rotatable bonds is 11. The lowest BCUT2D eigenvalue weighted by molar-refractivity contribution is -0.151. The SMILES string of the molecule is C.C.CCC.CCN(CC)CC.CN(C)C(=O)c1cnn(CC(=O)[C@H]2CC[C@H]3[C@@H]4CC[C@H]5C[C@](C)(O)CC[C@]5(C)[C@H]4CC[C@]23C)c1.C[C@@]1(O)CC[C@@]2(C)[C@@H](CC[C@@H]3[C@@H]2CC[C@]2(C)[C@@H](C(=O)Cn4cc(C(=O)O)cn4)CC[C@@H]32)C1. The van der Waals surface area contributed by atoms with Crippen LogP contribution in [0.2, 0.25) is 0 Å². The van der Waals surface area contributed by atoms with Crippen LogP contribution in [0, 0.1) is 80.8 Å². The van der Waals surface area contributed by atoms with Crippen LogP contribution in [0.3, 0.4) is 0 Å². The molecule has 8 aliphatic rings. The summed E-state index contributed by atoms with van der Waals surface area (Å²) in [7, 11) is 3.45. The molecule has 0 radical (unpaired) electrons. The number of carbonyl (C=O) groups excluding carboxylic acids is 3. The minimum Gasteiger partial charge on any atom is -0.478 e. The van der Waals surface area contributed by atoms with E-state index in [1.54, 1.807) is 31.2 Å². The van der Waals surface area contributed by atoms with Gasteiger partial charge in [-0.2, -0.15) is 10.2 Å². The highest BCUT2D eigenvalue weighted by Crippen LogP contribution is 2.70. The van der Waals surface area contributed by atoms with Crippen molar-refractivity contribution in [1.29, 1.82) is 0 Å². The van der Waals surface area contributed by atoms with Gasteiger partial charge in [-0.25, -0.2) is 4.79 Å². The standard InChI is InChI=1S/C28H43N3O3.C26H38N2O4.C6H15N.C3H8.2CH4/c1-26(34)12-13-27(2)19(14-26)6-7-20-21-8-9-23(28(21,3)11-10-22(20)27)24(32)17-31-16-18(15-29-31)25(33)30(4)5;1-24(32)10-11-25(2)17(12-24)4-5-18-19-6-7-21(26(19,3)9-8-20(18)25)22(29)15-28-14-16(13-27-28)23(30)31;1-4-7(5-2)6-3;1-3-2;;/h15-16,19-23,34H,6-14,17H2,1-5H3;13-14,17-21,32H,4-12,15H2,1-3H3,(H,30,31);4-6H2,1-3H3;3H2,1-2H3;2*1H4/t19-,20-,21-,22-,23+,26+,27-,28-;17-,18-,19-,20-,21+,24+,25-,26-;;;;/m00..../s1. The molecule has 1 amide bonds. The smallest absolute Gasteiger partial charge is 0.338 e. The number of aromatic nitrogens is 4. The zero-order valence-electron chi connectivity index (χ0n) is 49.7. The second-order valence-corrected chi connectivity index (χ2v) is 27.7. The van der Waals surface area contributed by atoms with Crippen molar-refractivity contribution in [2.45, 2.75) is 237 Å². The highest BCUT2D eigenvalue weighted by molar-refractivity contribution is 5.93. The maximum Gasteiger partial charge on any atom is 0.338 e. The van der Waals surface area contributed by atoms with Crippen LogP contribution in [0.1, 0.15) is 234 Å². The molecule has 444 valence electrons. The molecule has 2 aromatic rings. The van der Waals surface area contributed by atoms with Crippen molar-refractivity contribution >= 4 is 23.4 Å². The second kappa shape index (κ2) is 25.8. The second-order valence-electron chi connectivity index (χ2n) is 27.7. The van der Waals surface area contributed by atoms with Gasteiger partial charge in [-0.3, -0.25) is 23.7 Å². The summed E-state index contributed by atoms with van der Waals surface area (Å²) in [5, 5.41) is 39.0. The highest BCUT2D eigenvalue weighted by atomic mass is 16.4. The maximum absolute atomic E-state index is 13.5. The molecule has 13 heteroatoms. The summed E-state index contributed by atoms with van der Waals surface area (Å²) in [6.45, 7) is 28.6. The van der Waals surface area contributed by atoms with Gasteiger partial charge in [-0.05, 0) is 218 Å². The minimum absolute atomic E-state index is 0. The Kier molecular flexibility index (Phi) is 21.6. The van der Waals surface area contributed by atoms with E-state index in [0.29, 0.717) is 51.9 Å². The zero-order chi connectivity index (χ0) is 55.8. The Bertz CT molecular complexity index is 2310. The van der Waals surface area contributed by atoms with Crippen molar-refractivity contribution in [2.75, 3.05) is 33.7 Å². The van der Waals surface area contributed by atoms with Crippen molar-refractivity contribution < 1.29 is 34.5 Å². The van der Waals surface area contributed by atoms with Gasteiger partial charge in [0.05, 0.1) is 47.8 Å². The first-order valence-electron chi connectivity index (χ1n) is 30.5. The summed E-state index contributed by atoms with van der Waals surface area (Å²) in [5.74, 6) is 4.89. The first-order valence-corrected chi connectivity index (χ1v) is 30.5. The van der Waals surface area contributed by atoms with Gasteiger partial charge in [0, 0.05) is 38.3 Å². The summed E-state index contributed by atoms with van der Waals surface area (Å²) in [6.07, 6.45) is 27.2. The van der Waals surface area contributed by atoms with Crippen molar-refractivity contribution in [3.8, 4) is 0 Å². The van der Waals surface area contributed by atoms with Crippen molar-refractivity contribution in [3.63, 3.8) is 0 Å². The molecule has 8 aliphatic carbocycles. The summed E-state index contributed by atoms with van der Waals surface area (Å²) in [5.41, 5.74) is 0.472. The quantitative estimate of drug-likeness (QED) is 0.197. The maximum atomic E-state index is 13.5. The molecule has 13 nitrogen and oxygen atoms in total. The number of amides is 1. The highest BCUT2D eigenvalue weighted by Gasteiger charge is 2.63. The first-order chi connectivity index (χ1) is 35.7. The van der Waals surface area contributed by atoms with E-state index in [1.165, 1.54) is 86.6 Å². The first kappa shape index (κ1) is 65.4. The molecule has 0 spiro atoms. The normalized spacial score (nSPS) is 38.8. The van der Waals surface area contributed by atoms with Crippen LogP contribution in [0.5, 0.6) is 0 Å². The average Bonchev–Trinajstić information content (AvgIpc) is 4.27. The van der Waals surface area contributed by atoms with E-state index in [2.05, 4.69) is 77.4 Å². The molecule has 0 unspecified atom stereocenters. The number of carbonyl (C=O) groups is 4. The third kappa shape index (κ3) is 13.1. The molecular weight excluding hydrogens is 977 g/mol. The molecule has 2 heterocycles. The van der Waals surface area contributed by atoms with Gasteiger partial charge in [0.25, 0.3) is 5.91 Å². The van der Waals surface area contributed by atoms with E-state index in [-0.39, 0.29) is 73.6 Å². The Morgan fingerprint density at radius 2 is 0.910 bits per heavy atom. The predicted octanol–water partition coefficient (Wildman–Crippen LogP) is 13.2. The molecule has 78 heavy (non-hydrogen) atoms. The molecular formula is C65H112N6O7. The number of aliphatic hydroxyl groups is 2. The van der Waals surface area contributed by atoms with Crippen LogP contribution in [0.25, 0.3) is 0 Å². The van der Waals surface area contributed by atoms with E-state index < -0.39 is 17.2 Å². The number of aromatic carboxylic acids is 1. The van der Waals surface area contributed by atoms with E-state index in [4.69, 9.17) is 5.11 Å². The van der Waals surface area contributed by atoms with Crippen LogP contribution in [0.4, 0.5) is 0 Å². The number of carboxylic acids is 1. The summed E-state index contributed by atoms with van der Waals surface area (Å²) in [6, 6.07) is 0. The summed E-state index contributed by atoms with van der Waals surface area (Å²) < 4.78 is 3.15. The van der Waals surface area contributed by atoms with Crippen LogP contribution >= 0.6 is 0 Å². The predicted molar refractivity (Wildman–Crippen MR) is 314 cm³/mol. The lowest BCUT2D eigenvalue weighted by atomic mass is 9.44. The Hall–Kier alpha value is -3.42. The Morgan fingerprint density at radius 1 is 0.538 bits per heavy atom. The van der Waals surface area contributed by atoms with E-state index in [0.717, 1.165) is 88.9 Å². The van der Waals surface area contributed by atoms with E-state index in [9.17, 15) is 29.4 Å². The van der Waals surface area contributed by atoms with Gasteiger partial charge in [-0.1, -0.05) is 83.6 Å². The van der Waals surface area contributed by atoms with E-state index >= 15 is 0 Å². The third-order valence-electron chi connectivity index (χ3n) is 22.8. The van der Waals surface area contributed by atoms with Crippen molar-refractivity contribution in [3.05, 3.63) is 35.9 Å². The fourth-order valence-corrected chi connectivity index (χ4v) is 18.5. The van der Waals surface area contributed by atoms with Gasteiger partial charge >= 0.3 is 5.97 Å². The Labute approximate surface area is 473 Å².